The van der Waals surface area contributed by atoms with Crippen molar-refractivity contribution in [3.63, 3.8) is 0 Å². The Bertz CT molecular complexity index is 1650. The maximum absolute atomic E-state index is 13.9. The van der Waals surface area contributed by atoms with E-state index in [9.17, 15) is 24.3 Å². The number of aryl methyl sites for hydroxylation is 2. The second-order valence-electron chi connectivity index (χ2n) is 9.70. The molecule has 0 radical (unpaired) electrons. The molecule has 7 heteroatoms. The molecule has 0 unspecified atom stereocenters. The first-order valence-electron chi connectivity index (χ1n) is 13.1. The van der Waals surface area contributed by atoms with Crippen LogP contribution in [0.4, 0.5) is 11.4 Å². The van der Waals surface area contributed by atoms with Gasteiger partial charge in [0.1, 0.15) is 0 Å². The van der Waals surface area contributed by atoms with Crippen LogP contribution in [0.1, 0.15) is 72.0 Å². The SMILES string of the molecule is CCc1cccc(CC)c1N1C(=O)c2ccc3c4c(ccc(c24)C1=O)C(=O)N(c1ccccc1CCO)C3=O. The van der Waals surface area contributed by atoms with Gasteiger partial charge in [0.05, 0.1) is 11.4 Å². The first-order valence-corrected chi connectivity index (χ1v) is 13.1. The van der Waals surface area contributed by atoms with Crippen molar-refractivity contribution in [2.45, 2.75) is 33.1 Å². The van der Waals surface area contributed by atoms with Crippen LogP contribution < -0.4 is 9.80 Å². The zero-order valence-electron chi connectivity index (χ0n) is 21.7. The van der Waals surface area contributed by atoms with Crippen molar-refractivity contribution in [2.24, 2.45) is 0 Å². The summed E-state index contributed by atoms with van der Waals surface area (Å²) in [6, 6.07) is 19.0. The molecule has 7 nitrogen and oxygen atoms in total. The van der Waals surface area contributed by atoms with Crippen molar-refractivity contribution in [1.82, 2.24) is 0 Å². The van der Waals surface area contributed by atoms with E-state index in [1.807, 2.05) is 32.0 Å². The fourth-order valence-corrected chi connectivity index (χ4v) is 5.86. The Morgan fingerprint density at radius 1 is 0.564 bits per heavy atom. The maximum atomic E-state index is 13.9. The smallest absolute Gasteiger partial charge is 0.266 e. The average molecular weight is 519 g/mol. The Hall–Kier alpha value is -4.62. The molecule has 39 heavy (non-hydrogen) atoms. The van der Waals surface area contributed by atoms with Gasteiger partial charge in [-0.15, -0.1) is 0 Å². The third kappa shape index (κ3) is 3.47. The number of aliphatic hydroxyl groups excluding tert-OH is 1. The molecule has 0 atom stereocenters. The van der Waals surface area contributed by atoms with E-state index in [4.69, 9.17) is 0 Å². The molecule has 0 fully saturated rings. The monoisotopic (exact) mass is 518 g/mol. The van der Waals surface area contributed by atoms with Gasteiger partial charge < -0.3 is 5.11 Å². The summed E-state index contributed by atoms with van der Waals surface area (Å²) in [6.45, 7) is 3.84. The molecule has 4 aromatic carbocycles. The number of hydrogen-bond acceptors (Lipinski definition) is 5. The van der Waals surface area contributed by atoms with Gasteiger partial charge in [0.25, 0.3) is 23.6 Å². The van der Waals surface area contributed by atoms with Crippen LogP contribution in [-0.2, 0) is 19.3 Å². The Balaban J connectivity index is 1.55. The predicted octanol–water partition coefficient (Wildman–Crippen LogP) is 5.10. The number of anilines is 2. The van der Waals surface area contributed by atoms with E-state index in [0.717, 1.165) is 16.0 Å². The van der Waals surface area contributed by atoms with E-state index in [-0.39, 0.29) is 35.3 Å². The van der Waals surface area contributed by atoms with Gasteiger partial charge in [-0.3, -0.25) is 19.2 Å². The Labute approximate surface area is 225 Å². The van der Waals surface area contributed by atoms with Gasteiger partial charge in [-0.05, 0) is 66.3 Å². The summed E-state index contributed by atoms with van der Waals surface area (Å²) in [7, 11) is 0. The normalized spacial score (nSPS) is 14.5. The van der Waals surface area contributed by atoms with Crippen LogP contribution in [0.2, 0.25) is 0 Å². The molecular weight excluding hydrogens is 492 g/mol. The number of carbonyl (C=O) groups excluding carboxylic acids is 4. The number of nitrogens with zero attached hydrogens (tertiary/aromatic N) is 2. The fraction of sp³-hybridized carbons (Fsp3) is 0.188. The highest BCUT2D eigenvalue weighted by molar-refractivity contribution is 6.42. The molecule has 0 saturated heterocycles. The predicted molar refractivity (Wildman–Crippen MR) is 149 cm³/mol. The molecule has 0 aromatic heterocycles. The highest BCUT2D eigenvalue weighted by atomic mass is 16.3. The quantitative estimate of drug-likeness (QED) is 0.359. The van der Waals surface area contributed by atoms with Crippen LogP contribution in [-0.4, -0.2) is 35.3 Å². The third-order valence-electron chi connectivity index (χ3n) is 7.70. The van der Waals surface area contributed by atoms with E-state index >= 15 is 0 Å². The first-order chi connectivity index (χ1) is 18.9. The summed E-state index contributed by atoms with van der Waals surface area (Å²) in [5.74, 6) is -2.01. The van der Waals surface area contributed by atoms with Crippen LogP contribution in [0.15, 0.2) is 66.7 Å². The highest BCUT2D eigenvalue weighted by Gasteiger charge is 2.41. The molecule has 0 bridgehead atoms. The van der Waals surface area contributed by atoms with Gasteiger partial charge in [0.15, 0.2) is 0 Å². The first kappa shape index (κ1) is 24.7. The minimum Gasteiger partial charge on any atom is -0.396 e. The van der Waals surface area contributed by atoms with E-state index in [1.54, 1.807) is 48.5 Å². The molecule has 6 rings (SSSR count). The summed E-state index contributed by atoms with van der Waals surface area (Å²) in [4.78, 5) is 57.8. The lowest BCUT2D eigenvalue weighted by atomic mass is 9.85. The second-order valence-corrected chi connectivity index (χ2v) is 9.70. The lowest BCUT2D eigenvalue weighted by Crippen LogP contribution is -2.44. The van der Waals surface area contributed by atoms with Crippen molar-refractivity contribution >= 4 is 45.8 Å². The van der Waals surface area contributed by atoms with Gasteiger partial charge in [-0.1, -0.05) is 50.2 Å². The molecule has 0 spiro atoms. The molecule has 2 aliphatic heterocycles. The van der Waals surface area contributed by atoms with Gasteiger partial charge in [0, 0.05) is 39.6 Å². The van der Waals surface area contributed by atoms with Crippen molar-refractivity contribution in [3.8, 4) is 0 Å². The zero-order valence-corrected chi connectivity index (χ0v) is 21.7. The lowest BCUT2D eigenvalue weighted by molar-refractivity contribution is 0.0872. The van der Waals surface area contributed by atoms with Crippen molar-refractivity contribution < 1.29 is 24.3 Å². The molecule has 4 amide bonds. The minimum absolute atomic E-state index is 0.131. The van der Waals surface area contributed by atoms with Crippen LogP contribution in [0.3, 0.4) is 0 Å². The van der Waals surface area contributed by atoms with Gasteiger partial charge in [-0.25, -0.2) is 9.80 Å². The molecule has 1 N–H and O–H groups in total. The van der Waals surface area contributed by atoms with E-state index in [1.165, 1.54) is 4.90 Å². The summed E-state index contributed by atoms with van der Waals surface area (Å²) in [5.41, 5.74) is 4.54. The summed E-state index contributed by atoms with van der Waals surface area (Å²) in [6.07, 6.45) is 1.58. The van der Waals surface area contributed by atoms with Crippen LogP contribution in [0.5, 0.6) is 0 Å². The number of aliphatic hydroxyl groups is 1. The number of carbonyl (C=O) groups is 4. The number of amides is 4. The topological polar surface area (TPSA) is 95.0 Å². The molecule has 0 saturated carbocycles. The number of hydrogen-bond donors (Lipinski definition) is 1. The standard InChI is InChI=1S/C32H26N2O5/c1-3-18-9-7-10-19(4-2)28(18)34-31(38)23-14-12-21-26-22(13-15-24(27(23)26)32(34)39)30(37)33(29(21)36)25-11-6-5-8-20(25)16-17-35/h5-15,35H,3-4,16-17H2,1-2H3. The number of para-hydroxylation sites is 2. The van der Waals surface area contributed by atoms with Crippen molar-refractivity contribution in [2.75, 3.05) is 16.4 Å². The molecule has 194 valence electrons. The number of rotatable bonds is 6. The average Bonchev–Trinajstić information content (AvgIpc) is 2.95. The minimum atomic E-state index is -0.534. The maximum Gasteiger partial charge on any atom is 0.266 e. The summed E-state index contributed by atoms with van der Waals surface area (Å²) in [5, 5.41) is 10.2. The van der Waals surface area contributed by atoms with E-state index < -0.39 is 23.6 Å². The number of benzene rings is 4. The van der Waals surface area contributed by atoms with E-state index in [2.05, 4.69) is 0 Å². The van der Waals surface area contributed by atoms with Gasteiger partial charge in [0.2, 0.25) is 0 Å². The van der Waals surface area contributed by atoms with Gasteiger partial charge in [-0.2, -0.15) is 0 Å². The lowest BCUT2D eigenvalue weighted by Gasteiger charge is -2.33. The Kier molecular flexibility index (Phi) is 5.88. The molecule has 0 aliphatic carbocycles. The van der Waals surface area contributed by atoms with E-state index in [0.29, 0.717) is 40.6 Å². The Morgan fingerprint density at radius 2 is 1.00 bits per heavy atom. The van der Waals surface area contributed by atoms with Crippen molar-refractivity contribution in [3.05, 3.63) is 106 Å². The number of imide groups is 2. The van der Waals surface area contributed by atoms with Gasteiger partial charge >= 0.3 is 0 Å². The van der Waals surface area contributed by atoms with Crippen LogP contribution in [0, 0.1) is 0 Å². The van der Waals surface area contributed by atoms with Crippen LogP contribution >= 0.6 is 0 Å². The molecular formula is C32H26N2O5. The summed E-state index contributed by atoms with van der Waals surface area (Å²) >= 11 is 0. The summed E-state index contributed by atoms with van der Waals surface area (Å²) < 4.78 is 0. The fourth-order valence-electron chi connectivity index (χ4n) is 5.86. The molecule has 4 aromatic rings. The zero-order chi connectivity index (χ0) is 27.4. The van der Waals surface area contributed by atoms with Crippen molar-refractivity contribution in [1.29, 1.82) is 0 Å². The largest absolute Gasteiger partial charge is 0.396 e. The highest BCUT2D eigenvalue weighted by Crippen LogP contribution is 2.41. The van der Waals surface area contributed by atoms with Crippen LogP contribution in [0.25, 0.3) is 10.8 Å². The molecule has 2 heterocycles. The Morgan fingerprint density at radius 3 is 1.46 bits per heavy atom. The second kappa shape index (κ2) is 9.29. The molecule has 2 aliphatic rings. The third-order valence-corrected chi connectivity index (χ3v) is 7.70.